The fourth-order valence-electron chi connectivity index (χ4n) is 3.17. The van der Waals surface area contributed by atoms with E-state index in [1.807, 2.05) is 6.92 Å². The second-order valence-electron chi connectivity index (χ2n) is 6.32. The molecule has 116 valence electrons. The topological polar surface area (TPSA) is 32.3 Å². The summed E-state index contributed by atoms with van der Waals surface area (Å²) in [5, 5.41) is 3.18. The van der Waals surface area contributed by atoms with Crippen LogP contribution in [0, 0.1) is 5.92 Å². The summed E-state index contributed by atoms with van der Waals surface area (Å²) in [4.78, 5) is 14.2. The molecule has 2 rings (SSSR count). The summed E-state index contributed by atoms with van der Waals surface area (Å²) in [5.41, 5.74) is 1.40. The Morgan fingerprint density at radius 3 is 2.67 bits per heavy atom. The molecule has 0 bridgehead atoms. The molecule has 21 heavy (non-hydrogen) atoms. The summed E-state index contributed by atoms with van der Waals surface area (Å²) in [5.74, 6) is 0.698. The molecule has 1 saturated heterocycles. The number of carbonyl (C=O) groups excluding carboxylic acids is 1. The highest BCUT2D eigenvalue weighted by molar-refractivity contribution is 5.75. The number of rotatable bonds is 5. The number of amides is 1. The van der Waals surface area contributed by atoms with Crippen molar-refractivity contribution in [2.45, 2.75) is 52.1 Å². The minimum absolute atomic E-state index is 0.178. The molecule has 0 aromatic heterocycles. The Hall–Kier alpha value is -1.35. The average Bonchev–Trinajstić information content (AvgIpc) is 2.50. The molecular weight excluding hydrogens is 260 g/mol. The van der Waals surface area contributed by atoms with Gasteiger partial charge in [0.05, 0.1) is 0 Å². The summed E-state index contributed by atoms with van der Waals surface area (Å²) < 4.78 is 0. The molecular formula is C18H28N2O. The molecule has 0 saturated carbocycles. The lowest BCUT2D eigenvalue weighted by Crippen LogP contribution is -2.53. The van der Waals surface area contributed by atoms with E-state index >= 15 is 0 Å². The summed E-state index contributed by atoms with van der Waals surface area (Å²) in [7, 11) is 0. The Balaban J connectivity index is 1.85. The first kappa shape index (κ1) is 16.0. The van der Waals surface area contributed by atoms with E-state index in [2.05, 4.69) is 54.4 Å². The van der Waals surface area contributed by atoms with Crippen LogP contribution in [0.3, 0.4) is 0 Å². The van der Waals surface area contributed by atoms with Gasteiger partial charge in [0.2, 0.25) is 5.91 Å². The molecule has 1 amide bonds. The smallest absolute Gasteiger partial charge is 0.219 e. The van der Waals surface area contributed by atoms with Gasteiger partial charge in [0.15, 0.2) is 0 Å². The van der Waals surface area contributed by atoms with Crippen molar-refractivity contribution in [3.05, 3.63) is 35.9 Å². The quantitative estimate of drug-likeness (QED) is 0.903. The number of nitrogens with one attached hydrogen (secondary N) is 1. The Bertz CT molecular complexity index is 446. The summed E-state index contributed by atoms with van der Waals surface area (Å²) >= 11 is 0. The molecule has 3 nitrogen and oxygen atoms in total. The van der Waals surface area contributed by atoms with Gasteiger partial charge in [0, 0.05) is 31.6 Å². The van der Waals surface area contributed by atoms with Gasteiger partial charge in [0.25, 0.3) is 0 Å². The fraction of sp³-hybridized carbons (Fsp3) is 0.611. The highest BCUT2D eigenvalue weighted by Gasteiger charge is 2.31. The van der Waals surface area contributed by atoms with E-state index in [0.29, 0.717) is 24.4 Å². The number of likely N-dealkylation sites (tertiary alicyclic amines) is 1. The van der Waals surface area contributed by atoms with Crippen LogP contribution in [0.4, 0.5) is 0 Å². The minimum atomic E-state index is 0.178. The molecule has 1 aromatic rings. The minimum Gasteiger partial charge on any atom is -0.353 e. The fourth-order valence-corrected chi connectivity index (χ4v) is 3.17. The van der Waals surface area contributed by atoms with Gasteiger partial charge in [-0.15, -0.1) is 0 Å². The van der Waals surface area contributed by atoms with Crippen molar-refractivity contribution in [3.63, 3.8) is 0 Å². The number of benzene rings is 1. The molecule has 1 heterocycles. The lowest BCUT2D eigenvalue weighted by molar-refractivity contribution is -0.122. The van der Waals surface area contributed by atoms with E-state index in [-0.39, 0.29) is 5.91 Å². The van der Waals surface area contributed by atoms with Gasteiger partial charge in [-0.2, -0.15) is 0 Å². The van der Waals surface area contributed by atoms with E-state index in [4.69, 9.17) is 0 Å². The zero-order valence-corrected chi connectivity index (χ0v) is 13.5. The van der Waals surface area contributed by atoms with Gasteiger partial charge in [-0.3, -0.25) is 9.69 Å². The van der Waals surface area contributed by atoms with Crippen LogP contribution in [0.25, 0.3) is 0 Å². The predicted molar refractivity (Wildman–Crippen MR) is 87.2 cm³/mol. The van der Waals surface area contributed by atoms with Gasteiger partial charge in [0.1, 0.15) is 0 Å². The van der Waals surface area contributed by atoms with E-state index in [1.165, 1.54) is 5.56 Å². The zero-order valence-electron chi connectivity index (χ0n) is 13.5. The maximum atomic E-state index is 11.6. The van der Waals surface area contributed by atoms with Crippen molar-refractivity contribution in [1.82, 2.24) is 10.2 Å². The maximum absolute atomic E-state index is 11.6. The highest BCUT2D eigenvalue weighted by atomic mass is 16.1. The molecule has 0 unspecified atom stereocenters. The van der Waals surface area contributed by atoms with Gasteiger partial charge in [-0.25, -0.2) is 0 Å². The van der Waals surface area contributed by atoms with E-state index < -0.39 is 0 Å². The number of hydrogen-bond donors (Lipinski definition) is 1. The maximum Gasteiger partial charge on any atom is 0.219 e. The zero-order chi connectivity index (χ0) is 15.2. The van der Waals surface area contributed by atoms with Crippen molar-refractivity contribution in [3.8, 4) is 0 Å². The first-order chi connectivity index (χ1) is 10.1. The van der Waals surface area contributed by atoms with Crippen LogP contribution in [0.2, 0.25) is 0 Å². The van der Waals surface area contributed by atoms with Crippen LogP contribution in [0.5, 0.6) is 0 Å². The lowest BCUT2D eigenvalue weighted by Gasteiger charge is -2.42. The lowest BCUT2D eigenvalue weighted by atomic mass is 9.89. The van der Waals surface area contributed by atoms with Gasteiger partial charge in [-0.05, 0) is 31.2 Å². The van der Waals surface area contributed by atoms with Crippen LogP contribution >= 0.6 is 0 Å². The van der Waals surface area contributed by atoms with Gasteiger partial charge in [-0.1, -0.05) is 44.2 Å². The molecule has 0 spiro atoms. The Kier molecular flexibility index (Phi) is 5.80. The van der Waals surface area contributed by atoms with Crippen LogP contribution in [-0.4, -0.2) is 36.0 Å². The molecule has 1 fully saturated rings. The highest BCUT2D eigenvalue weighted by Crippen LogP contribution is 2.22. The normalized spacial score (nSPS) is 26.5. The van der Waals surface area contributed by atoms with Crippen molar-refractivity contribution in [1.29, 1.82) is 0 Å². The number of hydrogen-bond acceptors (Lipinski definition) is 2. The number of piperidine rings is 1. The van der Waals surface area contributed by atoms with Crippen LogP contribution in [0.1, 0.15) is 39.2 Å². The molecule has 1 N–H and O–H groups in total. The third kappa shape index (κ3) is 4.57. The van der Waals surface area contributed by atoms with E-state index in [0.717, 1.165) is 25.9 Å². The predicted octanol–water partition coefficient (Wildman–Crippen LogP) is 2.85. The first-order valence-electron chi connectivity index (χ1n) is 8.17. The van der Waals surface area contributed by atoms with Crippen molar-refractivity contribution in [2.75, 3.05) is 13.1 Å². The SMILES string of the molecule is CCC(=O)N[C@@H]1C[C@H](C)N(CCc2ccccc2)C[C@@H]1C. The van der Waals surface area contributed by atoms with Crippen molar-refractivity contribution in [2.24, 2.45) is 5.92 Å². The van der Waals surface area contributed by atoms with Gasteiger partial charge >= 0.3 is 0 Å². The third-order valence-electron chi connectivity index (χ3n) is 4.63. The number of carbonyl (C=O) groups is 1. The molecule has 1 aliphatic rings. The van der Waals surface area contributed by atoms with Gasteiger partial charge < -0.3 is 5.32 Å². The largest absolute Gasteiger partial charge is 0.353 e. The molecule has 0 radical (unpaired) electrons. The second kappa shape index (κ2) is 7.60. The Morgan fingerprint density at radius 2 is 2.00 bits per heavy atom. The van der Waals surface area contributed by atoms with Crippen molar-refractivity contribution < 1.29 is 4.79 Å². The average molecular weight is 288 g/mol. The molecule has 3 atom stereocenters. The third-order valence-corrected chi connectivity index (χ3v) is 4.63. The first-order valence-corrected chi connectivity index (χ1v) is 8.17. The molecule has 3 heteroatoms. The number of nitrogens with zero attached hydrogens (tertiary/aromatic N) is 1. The molecule has 1 aliphatic heterocycles. The molecule has 0 aliphatic carbocycles. The summed E-state index contributed by atoms with van der Waals surface area (Å²) in [6, 6.07) is 11.5. The Labute approximate surface area is 128 Å². The Morgan fingerprint density at radius 1 is 1.29 bits per heavy atom. The van der Waals surface area contributed by atoms with E-state index in [9.17, 15) is 4.79 Å². The van der Waals surface area contributed by atoms with Crippen molar-refractivity contribution >= 4 is 5.91 Å². The standard InChI is InChI=1S/C18H28N2O/c1-4-18(21)19-17-12-15(3)20(13-14(17)2)11-10-16-8-6-5-7-9-16/h5-9,14-15,17H,4,10-13H2,1-3H3,(H,19,21)/t14-,15-,17+/m0/s1. The van der Waals surface area contributed by atoms with E-state index in [1.54, 1.807) is 0 Å². The molecule has 1 aromatic carbocycles. The van der Waals surface area contributed by atoms with Crippen LogP contribution in [-0.2, 0) is 11.2 Å². The second-order valence-corrected chi connectivity index (χ2v) is 6.32. The summed E-state index contributed by atoms with van der Waals surface area (Å²) in [6.07, 6.45) is 2.74. The monoisotopic (exact) mass is 288 g/mol. The van der Waals surface area contributed by atoms with Crippen LogP contribution < -0.4 is 5.32 Å². The van der Waals surface area contributed by atoms with Crippen LogP contribution in [0.15, 0.2) is 30.3 Å². The summed E-state index contributed by atoms with van der Waals surface area (Å²) in [6.45, 7) is 8.62.